The van der Waals surface area contributed by atoms with Gasteiger partial charge in [-0.15, -0.1) is 13.2 Å². The molecule has 0 aliphatic rings. The molecule has 130 valence electrons. The fourth-order valence-electron chi connectivity index (χ4n) is 2.09. The van der Waals surface area contributed by atoms with E-state index in [0.717, 1.165) is 5.56 Å². The Kier molecular flexibility index (Phi) is 6.05. The van der Waals surface area contributed by atoms with Gasteiger partial charge in [-0.3, -0.25) is 0 Å². The van der Waals surface area contributed by atoms with Gasteiger partial charge >= 0.3 is 6.36 Å². The van der Waals surface area contributed by atoms with Gasteiger partial charge in [0, 0.05) is 7.11 Å². The number of hydrogen-bond donors (Lipinski definition) is 1. The minimum Gasteiger partial charge on any atom is -0.487 e. The van der Waals surface area contributed by atoms with Crippen molar-refractivity contribution in [1.82, 2.24) is 0 Å². The molecule has 7 heteroatoms. The van der Waals surface area contributed by atoms with Crippen LogP contribution in [0.5, 0.6) is 11.5 Å². The van der Waals surface area contributed by atoms with E-state index in [1.54, 1.807) is 24.3 Å². The Balaban J connectivity index is 2.34. The van der Waals surface area contributed by atoms with Gasteiger partial charge in [-0.25, -0.2) is 0 Å². The molecular formula is C17H17F3O4. The number of aliphatic hydroxyl groups excluding tert-OH is 1. The monoisotopic (exact) mass is 342 g/mol. The van der Waals surface area contributed by atoms with E-state index in [2.05, 4.69) is 4.74 Å². The molecule has 0 aliphatic heterocycles. The van der Waals surface area contributed by atoms with Crippen LogP contribution in [0.4, 0.5) is 13.2 Å². The van der Waals surface area contributed by atoms with Crippen LogP contribution in [-0.4, -0.2) is 31.8 Å². The molecule has 0 spiro atoms. The summed E-state index contributed by atoms with van der Waals surface area (Å²) in [5.41, 5.74) is 2.09. The highest BCUT2D eigenvalue weighted by atomic mass is 19.4. The summed E-state index contributed by atoms with van der Waals surface area (Å²) in [4.78, 5) is 0. The van der Waals surface area contributed by atoms with Crippen molar-refractivity contribution in [3.8, 4) is 22.6 Å². The van der Waals surface area contributed by atoms with Crippen LogP contribution < -0.4 is 9.47 Å². The van der Waals surface area contributed by atoms with E-state index in [1.807, 2.05) is 0 Å². The number of benzene rings is 2. The lowest BCUT2D eigenvalue weighted by atomic mass is 10.0. The van der Waals surface area contributed by atoms with E-state index < -0.39 is 12.1 Å². The minimum atomic E-state index is -4.81. The number of ether oxygens (including phenoxy) is 3. The molecule has 1 N–H and O–H groups in total. The van der Waals surface area contributed by atoms with Crippen LogP contribution in [0.1, 0.15) is 5.56 Å². The van der Waals surface area contributed by atoms with Crippen LogP contribution in [0, 0.1) is 0 Å². The Hall–Kier alpha value is -2.25. The lowest BCUT2D eigenvalue weighted by Gasteiger charge is -2.15. The maximum atomic E-state index is 12.5. The highest BCUT2D eigenvalue weighted by Crippen LogP contribution is 2.36. The summed E-state index contributed by atoms with van der Waals surface area (Å²) in [7, 11) is 1.47. The van der Waals surface area contributed by atoms with Crippen molar-refractivity contribution >= 4 is 0 Å². The second kappa shape index (κ2) is 8.03. The smallest absolute Gasteiger partial charge is 0.487 e. The summed E-state index contributed by atoms with van der Waals surface area (Å²) >= 11 is 0. The van der Waals surface area contributed by atoms with E-state index >= 15 is 0 Å². The van der Waals surface area contributed by atoms with Crippen molar-refractivity contribution in [2.75, 3.05) is 20.3 Å². The fraction of sp³-hybridized carbons (Fsp3) is 0.294. The third-order valence-corrected chi connectivity index (χ3v) is 3.16. The molecule has 0 aliphatic carbocycles. The van der Waals surface area contributed by atoms with Gasteiger partial charge in [0.15, 0.2) is 11.5 Å². The summed E-state index contributed by atoms with van der Waals surface area (Å²) < 4.78 is 51.7. The van der Waals surface area contributed by atoms with Crippen LogP contribution in [0.2, 0.25) is 0 Å². The van der Waals surface area contributed by atoms with Gasteiger partial charge in [-0.1, -0.05) is 24.3 Å². The number of methoxy groups -OCH3 is 1. The van der Waals surface area contributed by atoms with Crippen molar-refractivity contribution in [2.24, 2.45) is 0 Å². The van der Waals surface area contributed by atoms with Crippen molar-refractivity contribution in [1.29, 1.82) is 0 Å². The van der Waals surface area contributed by atoms with E-state index in [0.29, 0.717) is 11.1 Å². The lowest BCUT2D eigenvalue weighted by molar-refractivity contribution is -0.275. The Labute approximate surface area is 137 Å². The number of alkyl halides is 3. The molecule has 0 aromatic heterocycles. The second-order valence-electron chi connectivity index (χ2n) is 4.91. The Morgan fingerprint density at radius 2 is 1.71 bits per heavy atom. The Morgan fingerprint density at radius 1 is 0.958 bits per heavy atom. The standard InChI is InChI=1S/C17H17F3O4/c1-22-7-8-23-16-10-14(5-6-15(16)24-17(18,19)20)13-4-2-3-12(9-13)11-21/h2-6,9-10,21H,7-8,11H2,1H3. The molecule has 0 unspecified atom stereocenters. The van der Waals surface area contributed by atoms with Crippen LogP contribution in [0.3, 0.4) is 0 Å². The van der Waals surface area contributed by atoms with Gasteiger partial charge in [0.1, 0.15) is 6.61 Å². The molecule has 0 heterocycles. The summed E-state index contributed by atoms with van der Waals surface area (Å²) in [5, 5.41) is 9.19. The number of halogens is 3. The maximum Gasteiger partial charge on any atom is 0.573 e. The normalized spacial score (nSPS) is 11.4. The molecule has 0 atom stereocenters. The quantitative estimate of drug-likeness (QED) is 0.778. The fourth-order valence-corrected chi connectivity index (χ4v) is 2.09. The molecule has 2 aromatic carbocycles. The first-order chi connectivity index (χ1) is 11.4. The molecule has 0 amide bonds. The van der Waals surface area contributed by atoms with Crippen LogP contribution in [-0.2, 0) is 11.3 Å². The third-order valence-electron chi connectivity index (χ3n) is 3.16. The minimum absolute atomic E-state index is 0.0312. The largest absolute Gasteiger partial charge is 0.573 e. The summed E-state index contributed by atoms with van der Waals surface area (Å²) in [5.74, 6) is -0.447. The van der Waals surface area contributed by atoms with E-state index in [1.165, 1.54) is 25.3 Å². The molecule has 0 saturated heterocycles. The van der Waals surface area contributed by atoms with Crippen molar-refractivity contribution < 1.29 is 32.5 Å². The molecule has 4 nitrogen and oxygen atoms in total. The average molecular weight is 342 g/mol. The number of hydrogen-bond acceptors (Lipinski definition) is 4. The highest BCUT2D eigenvalue weighted by molar-refractivity contribution is 5.67. The first kappa shape index (κ1) is 18.1. The molecule has 0 fully saturated rings. The van der Waals surface area contributed by atoms with Crippen molar-refractivity contribution in [3.63, 3.8) is 0 Å². The molecule has 0 saturated carbocycles. The van der Waals surface area contributed by atoms with Gasteiger partial charge in [-0.05, 0) is 34.9 Å². The van der Waals surface area contributed by atoms with Crippen LogP contribution in [0.15, 0.2) is 42.5 Å². The zero-order valence-electron chi connectivity index (χ0n) is 13.0. The molecular weight excluding hydrogens is 325 g/mol. The summed E-state index contributed by atoms with van der Waals surface area (Å²) in [6, 6.07) is 11.2. The summed E-state index contributed by atoms with van der Waals surface area (Å²) in [6.45, 7) is 0.195. The van der Waals surface area contributed by atoms with Gasteiger partial charge in [0.2, 0.25) is 0 Å². The third kappa shape index (κ3) is 5.14. The van der Waals surface area contributed by atoms with Gasteiger partial charge in [0.25, 0.3) is 0 Å². The first-order valence-corrected chi connectivity index (χ1v) is 7.14. The average Bonchev–Trinajstić information content (AvgIpc) is 2.55. The Bertz CT molecular complexity index is 671. The molecule has 2 aromatic rings. The second-order valence-corrected chi connectivity index (χ2v) is 4.91. The van der Waals surface area contributed by atoms with Crippen LogP contribution >= 0.6 is 0 Å². The molecule has 2 rings (SSSR count). The van der Waals surface area contributed by atoms with E-state index in [-0.39, 0.29) is 25.6 Å². The predicted molar refractivity (Wildman–Crippen MR) is 81.9 cm³/mol. The number of rotatable bonds is 7. The molecule has 24 heavy (non-hydrogen) atoms. The van der Waals surface area contributed by atoms with E-state index in [9.17, 15) is 18.3 Å². The lowest BCUT2D eigenvalue weighted by Crippen LogP contribution is -2.18. The van der Waals surface area contributed by atoms with Gasteiger partial charge < -0.3 is 19.3 Å². The van der Waals surface area contributed by atoms with Crippen molar-refractivity contribution in [3.05, 3.63) is 48.0 Å². The zero-order valence-corrected chi connectivity index (χ0v) is 13.0. The first-order valence-electron chi connectivity index (χ1n) is 7.14. The van der Waals surface area contributed by atoms with Crippen LogP contribution in [0.25, 0.3) is 11.1 Å². The topological polar surface area (TPSA) is 47.9 Å². The number of aliphatic hydroxyl groups is 1. The molecule has 0 radical (unpaired) electrons. The van der Waals surface area contributed by atoms with E-state index in [4.69, 9.17) is 9.47 Å². The summed E-state index contributed by atoms with van der Waals surface area (Å²) in [6.07, 6.45) is -4.81. The SMILES string of the molecule is COCCOc1cc(-c2cccc(CO)c2)ccc1OC(F)(F)F. The molecule has 0 bridgehead atoms. The Morgan fingerprint density at radius 3 is 2.38 bits per heavy atom. The predicted octanol–water partition coefficient (Wildman–Crippen LogP) is 3.77. The van der Waals surface area contributed by atoms with Gasteiger partial charge in [0.05, 0.1) is 13.2 Å². The van der Waals surface area contributed by atoms with Crippen molar-refractivity contribution in [2.45, 2.75) is 13.0 Å². The zero-order chi connectivity index (χ0) is 17.6. The maximum absolute atomic E-state index is 12.5. The van der Waals surface area contributed by atoms with Gasteiger partial charge in [-0.2, -0.15) is 0 Å². The highest BCUT2D eigenvalue weighted by Gasteiger charge is 2.32.